The summed E-state index contributed by atoms with van der Waals surface area (Å²) in [5, 5.41) is 10.8. The molecular weight excluding hydrogens is 524 g/mol. The fourth-order valence-electron chi connectivity index (χ4n) is 6.17. The normalized spacial score (nSPS) is 19.2. The molecule has 8 nitrogen and oxygen atoms in total. The molecule has 1 saturated carbocycles. The highest BCUT2D eigenvalue weighted by atomic mass is 16.5. The Bertz CT molecular complexity index is 1490. The summed E-state index contributed by atoms with van der Waals surface area (Å²) in [4.78, 5) is 17.5. The molecule has 2 aromatic heterocycles. The van der Waals surface area contributed by atoms with Crippen LogP contribution in [-0.2, 0) is 24.8 Å². The summed E-state index contributed by atoms with van der Waals surface area (Å²) in [6, 6.07) is 19.4. The van der Waals surface area contributed by atoms with Crippen molar-refractivity contribution in [3.8, 4) is 22.3 Å². The second-order valence-electron chi connectivity index (χ2n) is 11.7. The van der Waals surface area contributed by atoms with Crippen LogP contribution < -0.4 is 16.4 Å². The number of benzene rings is 2. The molecule has 8 heteroatoms. The van der Waals surface area contributed by atoms with Gasteiger partial charge in [0.05, 0.1) is 30.5 Å². The predicted molar refractivity (Wildman–Crippen MR) is 166 cm³/mol. The second-order valence-corrected chi connectivity index (χ2v) is 11.7. The quantitative estimate of drug-likeness (QED) is 0.260. The molecule has 2 atom stereocenters. The van der Waals surface area contributed by atoms with E-state index < -0.39 is 0 Å². The lowest BCUT2D eigenvalue weighted by molar-refractivity contribution is 0.0272. The molecule has 6 rings (SSSR count). The fourth-order valence-corrected chi connectivity index (χ4v) is 6.17. The number of nitrogens with zero attached hydrogens (tertiary/aromatic N) is 3. The van der Waals surface area contributed by atoms with Gasteiger partial charge in [0.15, 0.2) is 0 Å². The lowest BCUT2D eigenvalue weighted by Gasteiger charge is -2.22. The van der Waals surface area contributed by atoms with Crippen LogP contribution in [-0.4, -0.2) is 45.9 Å². The number of hydrogen-bond acceptors (Lipinski definition) is 6. The number of carbonyl (C=O) groups is 1. The van der Waals surface area contributed by atoms with E-state index in [4.69, 9.17) is 10.5 Å². The monoisotopic (exact) mass is 564 g/mol. The first-order valence-electron chi connectivity index (χ1n) is 15.1. The fraction of sp³-hybridized carbons (Fsp3) is 0.382. The molecule has 2 aliphatic rings. The molecule has 0 spiro atoms. The first-order chi connectivity index (χ1) is 20.5. The number of hydrogen-bond donors (Lipinski definition) is 3. The maximum absolute atomic E-state index is 13.2. The lowest BCUT2D eigenvalue weighted by atomic mass is 9.90. The summed E-state index contributed by atoms with van der Waals surface area (Å²) >= 11 is 0. The van der Waals surface area contributed by atoms with E-state index in [1.807, 2.05) is 13.2 Å². The van der Waals surface area contributed by atoms with Crippen molar-refractivity contribution >= 4 is 11.7 Å². The highest BCUT2D eigenvalue weighted by Gasteiger charge is 2.30. The van der Waals surface area contributed by atoms with Crippen molar-refractivity contribution in [1.82, 2.24) is 25.4 Å². The van der Waals surface area contributed by atoms with Gasteiger partial charge >= 0.3 is 0 Å². The smallest absolute Gasteiger partial charge is 0.255 e. The SMILES string of the molecule is Cn1cc(-c2cnc(N)c(C(=O)N[C@H]3CCC[C@@H]3OCc3ccc(-c4ccc(CC5CCNCC5)cc4)cc3)c2)cn1. The lowest BCUT2D eigenvalue weighted by Crippen LogP contribution is -2.41. The van der Waals surface area contributed by atoms with Crippen molar-refractivity contribution in [2.24, 2.45) is 13.0 Å². The summed E-state index contributed by atoms with van der Waals surface area (Å²) < 4.78 is 8.04. The summed E-state index contributed by atoms with van der Waals surface area (Å²) in [6.45, 7) is 2.79. The van der Waals surface area contributed by atoms with Crippen molar-refractivity contribution in [3.05, 3.63) is 89.9 Å². The van der Waals surface area contributed by atoms with Crippen LogP contribution in [0.4, 0.5) is 5.82 Å². The molecule has 4 aromatic rings. The molecule has 1 aliphatic carbocycles. The summed E-state index contributed by atoms with van der Waals surface area (Å²) in [6.07, 6.45) is 11.8. The zero-order chi connectivity index (χ0) is 28.9. The molecule has 0 unspecified atom stereocenters. The van der Waals surface area contributed by atoms with Crippen molar-refractivity contribution in [1.29, 1.82) is 0 Å². The first kappa shape index (κ1) is 28.1. The van der Waals surface area contributed by atoms with E-state index in [0.29, 0.717) is 12.2 Å². The van der Waals surface area contributed by atoms with Crippen LogP contribution in [0.1, 0.15) is 53.6 Å². The van der Waals surface area contributed by atoms with Crippen molar-refractivity contribution in [2.45, 2.75) is 57.3 Å². The molecule has 3 heterocycles. The molecular formula is C34H40N6O2. The average Bonchev–Trinajstić information content (AvgIpc) is 3.66. The van der Waals surface area contributed by atoms with Gasteiger partial charge in [0.2, 0.25) is 0 Å². The zero-order valence-corrected chi connectivity index (χ0v) is 24.3. The topological polar surface area (TPSA) is 107 Å². The molecule has 4 N–H and O–H groups in total. The van der Waals surface area contributed by atoms with Crippen LogP contribution in [0.3, 0.4) is 0 Å². The molecule has 0 bridgehead atoms. The maximum Gasteiger partial charge on any atom is 0.255 e. The Morgan fingerprint density at radius 2 is 1.67 bits per heavy atom. The Balaban J connectivity index is 1.03. The van der Waals surface area contributed by atoms with Gasteiger partial charge in [-0.05, 0) is 85.9 Å². The van der Waals surface area contributed by atoms with E-state index >= 15 is 0 Å². The van der Waals surface area contributed by atoms with Gasteiger partial charge in [0.1, 0.15) is 5.82 Å². The third kappa shape index (κ3) is 6.72. The van der Waals surface area contributed by atoms with Gasteiger partial charge in [0, 0.05) is 30.6 Å². The van der Waals surface area contributed by atoms with Crippen molar-refractivity contribution in [2.75, 3.05) is 18.8 Å². The Kier molecular flexibility index (Phi) is 8.63. The highest BCUT2D eigenvalue weighted by molar-refractivity contribution is 5.99. The molecule has 2 aromatic carbocycles. The van der Waals surface area contributed by atoms with Crippen LogP contribution in [0.2, 0.25) is 0 Å². The Hall–Kier alpha value is -4.01. The minimum atomic E-state index is -0.225. The summed E-state index contributed by atoms with van der Waals surface area (Å²) in [5.41, 5.74) is 13.1. The van der Waals surface area contributed by atoms with Gasteiger partial charge in [-0.15, -0.1) is 0 Å². The molecule has 42 heavy (non-hydrogen) atoms. The third-order valence-corrected chi connectivity index (χ3v) is 8.66. The number of pyridine rings is 1. The number of carbonyl (C=O) groups excluding carboxylic acids is 1. The Morgan fingerprint density at radius 3 is 2.36 bits per heavy atom. The minimum absolute atomic E-state index is 0.0446. The zero-order valence-electron chi connectivity index (χ0n) is 24.3. The van der Waals surface area contributed by atoms with Crippen LogP contribution >= 0.6 is 0 Å². The number of nitrogen functional groups attached to an aromatic ring is 1. The third-order valence-electron chi connectivity index (χ3n) is 8.66. The first-order valence-corrected chi connectivity index (χ1v) is 15.1. The van der Waals surface area contributed by atoms with Gasteiger partial charge in [0.25, 0.3) is 5.91 Å². The van der Waals surface area contributed by atoms with E-state index in [9.17, 15) is 4.79 Å². The van der Waals surface area contributed by atoms with Gasteiger partial charge in [-0.3, -0.25) is 9.48 Å². The standard InChI is InChI=1S/C34H40N6O2/c1-40-21-29(20-38-40)28-18-30(33(35)37-19-28)34(41)39-31-3-2-4-32(31)42-22-25-7-11-27(12-8-25)26-9-5-23(6-10-26)17-24-13-15-36-16-14-24/h5-12,18-21,24,31-32,36H,2-4,13-17,22H2,1H3,(H2,35,37)(H,39,41)/t31-,32-/m0/s1. The number of aryl methyl sites for hydroxylation is 1. The Labute approximate surface area is 247 Å². The number of nitrogens with two attached hydrogens (primary N) is 1. The van der Waals surface area contributed by atoms with Crippen LogP contribution in [0.25, 0.3) is 22.3 Å². The van der Waals surface area contributed by atoms with E-state index in [1.54, 1.807) is 23.1 Å². The summed E-state index contributed by atoms with van der Waals surface area (Å²) in [5.74, 6) is 0.785. The number of rotatable bonds is 9. The number of anilines is 1. The molecule has 1 amide bonds. The van der Waals surface area contributed by atoms with Crippen molar-refractivity contribution in [3.63, 3.8) is 0 Å². The van der Waals surface area contributed by atoms with Gasteiger partial charge in [-0.1, -0.05) is 48.5 Å². The molecule has 218 valence electrons. The van der Waals surface area contributed by atoms with E-state index in [2.05, 4.69) is 69.2 Å². The Morgan fingerprint density at radius 1 is 0.952 bits per heavy atom. The highest BCUT2D eigenvalue weighted by Crippen LogP contribution is 2.27. The molecule has 1 saturated heterocycles. The van der Waals surface area contributed by atoms with E-state index in [-0.39, 0.29) is 23.9 Å². The molecule has 0 radical (unpaired) electrons. The van der Waals surface area contributed by atoms with Crippen LogP contribution in [0.5, 0.6) is 0 Å². The van der Waals surface area contributed by atoms with E-state index in [0.717, 1.165) is 55.0 Å². The van der Waals surface area contributed by atoms with Crippen LogP contribution in [0.15, 0.2) is 73.2 Å². The van der Waals surface area contributed by atoms with Gasteiger partial charge < -0.3 is 21.1 Å². The average molecular weight is 565 g/mol. The second kappa shape index (κ2) is 12.9. The number of aromatic nitrogens is 3. The minimum Gasteiger partial charge on any atom is -0.383 e. The summed E-state index contributed by atoms with van der Waals surface area (Å²) in [7, 11) is 1.85. The number of ether oxygens (including phenoxy) is 1. The number of nitrogens with one attached hydrogen (secondary N) is 2. The largest absolute Gasteiger partial charge is 0.383 e. The van der Waals surface area contributed by atoms with Gasteiger partial charge in [-0.25, -0.2) is 4.98 Å². The van der Waals surface area contributed by atoms with Crippen LogP contribution in [0, 0.1) is 5.92 Å². The predicted octanol–water partition coefficient (Wildman–Crippen LogP) is 5.14. The van der Waals surface area contributed by atoms with E-state index in [1.165, 1.54) is 36.0 Å². The molecule has 2 fully saturated rings. The van der Waals surface area contributed by atoms with Crippen molar-refractivity contribution < 1.29 is 9.53 Å². The maximum atomic E-state index is 13.2. The molecule has 1 aliphatic heterocycles. The number of piperidine rings is 1. The number of amides is 1. The van der Waals surface area contributed by atoms with Gasteiger partial charge in [-0.2, -0.15) is 5.10 Å².